The molecule has 0 fully saturated rings. The molecule has 0 aliphatic carbocycles. The van der Waals surface area contributed by atoms with Crippen molar-refractivity contribution in [1.29, 1.82) is 0 Å². The molecule has 3 rings (SSSR count). The van der Waals surface area contributed by atoms with Gasteiger partial charge in [0.15, 0.2) is 5.75 Å². The average molecular weight is 419 g/mol. The van der Waals surface area contributed by atoms with Crippen LogP contribution in [0.5, 0.6) is 11.5 Å². The van der Waals surface area contributed by atoms with Crippen LogP contribution in [0.1, 0.15) is 27.6 Å². The van der Waals surface area contributed by atoms with Crippen molar-refractivity contribution >= 4 is 23.1 Å². The molecular weight excluding hydrogens is 404 g/mol. The molecule has 0 amide bonds. The van der Waals surface area contributed by atoms with Crippen LogP contribution >= 0.6 is 11.6 Å². The molecule has 9 nitrogen and oxygen atoms in total. The Hall–Kier alpha value is -3.46. The monoisotopic (exact) mass is 418 g/mol. The van der Waals surface area contributed by atoms with E-state index in [0.717, 1.165) is 6.07 Å². The van der Waals surface area contributed by atoms with Crippen LogP contribution in [0, 0.1) is 20.2 Å². The Balaban J connectivity index is 2.24. The summed E-state index contributed by atoms with van der Waals surface area (Å²) in [6.07, 6.45) is 0.335. The molecule has 1 aliphatic heterocycles. The second-order valence-electron chi connectivity index (χ2n) is 6.23. The van der Waals surface area contributed by atoms with E-state index in [9.17, 15) is 25.0 Å². The van der Waals surface area contributed by atoms with E-state index in [0.29, 0.717) is 12.0 Å². The zero-order valence-corrected chi connectivity index (χ0v) is 15.9. The van der Waals surface area contributed by atoms with E-state index >= 15 is 0 Å². The summed E-state index contributed by atoms with van der Waals surface area (Å²) >= 11 is 6.23. The number of Topliss-reactive ketones (excluding diaryl/α,β-unsaturated/α-hetero) is 1. The molecule has 0 radical (unpaired) electrons. The number of allylic oxidation sites excluding steroid dienone is 1. The van der Waals surface area contributed by atoms with E-state index in [4.69, 9.17) is 21.1 Å². The molecular formula is C19H15ClN2O7. The fraction of sp³-hybridized carbons (Fsp3) is 0.211. The largest absolute Gasteiger partial charge is 0.490 e. The Bertz CT molecular complexity index is 1040. The number of nitro groups is 2. The van der Waals surface area contributed by atoms with Crippen molar-refractivity contribution in [1.82, 2.24) is 0 Å². The predicted molar refractivity (Wildman–Crippen MR) is 103 cm³/mol. The first-order chi connectivity index (χ1) is 13.7. The van der Waals surface area contributed by atoms with E-state index in [2.05, 4.69) is 6.58 Å². The SMILES string of the molecule is C=CCc1cccc2c1O[C@@H](c1ccc(OC)c([N+](=O)[O-])c1)[C@](Cl)([N+](=O)[O-])C2=O. The van der Waals surface area contributed by atoms with Crippen LogP contribution in [0.2, 0.25) is 0 Å². The molecule has 2 atom stereocenters. The summed E-state index contributed by atoms with van der Waals surface area (Å²) < 4.78 is 10.8. The van der Waals surface area contributed by atoms with E-state index in [-0.39, 0.29) is 22.6 Å². The van der Waals surface area contributed by atoms with Gasteiger partial charge in [0.25, 0.3) is 5.78 Å². The standard InChI is InChI=1S/C19H15ClN2O7/c1-3-5-11-6-4-7-13-16(11)29-18(19(20,17(13)23)22(26)27)12-8-9-15(28-2)14(10-12)21(24)25/h3-4,6-10,18H,1,5H2,2H3/t18-,19+/m0/s1. The number of para-hydroxylation sites is 1. The molecule has 1 heterocycles. The summed E-state index contributed by atoms with van der Waals surface area (Å²) in [5.41, 5.74) is 0.112. The predicted octanol–water partition coefficient (Wildman–Crippen LogP) is 3.86. The topological polar surface area (TPSA) is 122 Å². The third kappa shape index (κ3) is 3.19. The number of benzene rings is 2. The molecule has 29 heavy (non-hydrogen) atoms. The number of hydrogen-bond acceptors (Lipinski definition) is 7. The summed E-state index contributed by atoms with van der Waals surface area (Å²) in [5, 5.41) is 23.2. The second kappa shape index (κ2) is 7.51. The van der Waals surface area contributed by atoms with Gasteiger partial charge in [-0.1, -0.05) is 24.3 Å². The lowest BCUT2D eigenvalue weighted by molar-refractivity contribution is -0.536. The van der Waals surface area contributed by atoms with Crippen LogP contribution in [-0.2, 0) is 6.42 Å². The number of nitro benzene ring substituents is 1. The molecule has 2 aromatic rings. The van der Waals surface area contributed by atoms with Crippen LogP contribution in [0.25, 0.3) is 0 Å². The van der Waals surface area contributed by atoms with Crippen LogP contribution in [0.3, 0.4) is 0 Å². The van der Waals surface area contributed by atoms with Crippen molar-refractivity contribution in [2.24, 2.45) is 0 Å². The Morgan fingerprint density at radius 2 is 2.03 bits per heavy atom. The minimum absolute atomic E-state index is 0.00314. The minimum atomic E-state index is -2.69. The minimum Gasteiger partial charge on any atom is -0.490 e. The van der Waals surface area contributed by atoms with Gasteiger partial charge in [-0.15, -0.1) is 6.58 Å². The van der Waals surface area contributed by atoms with Gasteiger partial charge in [-0.3, -0.25) is 25.0 Å². The van der Waals surface area contributed by atoms with Gasteiger partial charge in [0, 0.05) is 11.6 Å². The van der Waals surface area contributed by atoms with Crippen molar-refractivity contribution in [3.8, 4) is 11.5 Å². The maximum Gasteiger partial charge on any atom is 0.397 e. The Morgan fingerprint density at radius 1 is 1.31 bits per heavy atom. The maximum absolute atomic E-state index is 13.0. The summed E-state index contributed by atoms with van der Waals surface area (Å²) in [7, 11) is 1.25. The number of hydrogen-bond donors (Lipinski definition) is 0. The molecule has 0 saturated heterocycles. The highest BCUT2D eigenvalue weighted by Crippen LogP contribution is 2.47. The lowest BCUT2D eigenvalue weighted by Gasteiger charge is -2.33. The molecule has 150 valence electrons. The van der Waals surface area contributed by atoms with Gasteiger partial charge in [-0.2, -0.15) is 0 Å². The van der Waals surface area contributed by atoms with Crippen molar-refractivity contribution in [3.63, 3.8) is 0 Å². The number of ether oxygens (including phenoxy) is 2. The number of carbonyl (C=O) groups excluding carboxylic acids is 1. The van der Waals surface area contributed by atoms with E-state index in [1.165, 1.54) is 25.3 Å². The van der Waals surface area contributed by atoms with Gasteiger partial charge in [-0.05, 0) is 35.7 Å². The van der Waals surface area contributed by atoms with Crippen molar-refractivity contribution in [2.75, 3.05) is 7.11 Å². The quantitative estimate of drug-likeness (QED) is 0.229. The zero-order chi connectivity index (χ0) is 21.3. The second-order valence-corrected chi connectivity index (χ2v) is 6.81. The summed E-state index contributed by atoms with van der Waals surface area (Å²) in [6, 6.07) is 8.30. The number of methoxy groups -OCH3 is 1. The first kappa shape index (κ1) is 20.3. The van der Waals surface area contributed by atoms with Crippen molar-refractivity contribution < 1.29 is 24.1 Å². The Kier molecular flexibility index (Phi) is 5.25. The first-order valence-electron chi connectivity index (χ1n) is 8.35. The fourth-order valence-corrected chi connectivity index (χ4v) is 3.48. The van der Waals surface area contributed by atoms with Crippen LogP contribution in [-0.4, -0.2) is 27.7 Å². The number of ketones is 1. The normalized spacial score (nSPS) is 20.3. The van der Waals surface area contributed by atoms with Crippen LogP contribution < -0.4 is 9.47 Å². The van der Waals surface area contributed by atoms with Crippen molar-refractivity contribution in [3.05, 3.63) is 86.0 Å². The highest BCUT2D eigenvalue weighted by Gasteiger charge is 2.62. The zero-order valence-electron chi connectivity index (χ0n) is 15.2. The van der Waals surface area contributed by atoms with Crippen molar-refractivity contribution in [2.45, 2.75) is 17.5 Å². The lowest BCUT2D eigenvalue weighted by atomic mass is 9.89. The van der Waals surface area contributed by atoms with Gasteiger partial charge >= 0.3 is 10.7 Å². The average Bonchev–Trinajstić information content (AvgIpc) is 2.70. The molecule has 0 bridgehead atoms. The van der Waals surface area contributed by atoms with E-state index < -0.39 is 32.4 Å². The number of carbonyl (C=O) groups is 1. The highest BCUT2D eigenvalue weighted by atomic mass is 35.5. The van der Waals surface area contributed by atoms with Crippen LogP contribution in [0.15, 0.2) is 49.1 Å². The van der Waals surface area contributed by atoms with E-state index in [1.54, 1.807) is 18.2 Å². The number of halogens is 1. The van der Waals surface area contributed by atoms with Crippen LogP contribution in [0.4, 0.5) is 5.69 Å². The van der Waals surface area contributed by atoms with E-state index in [1.807, 2.05) is 0 Å². The molecule has 0 saturated carbocycles. The summed E-state index contributed by atoms with van der Waals surface area (Å²) in [5.74, 6) is -0.867. The fourth-order valence-electron chi connectivity index (χ4n) is 3.20. The van der Waals surface area contributed by atoms with Gasteiger partial charge < -0.3 is 9.47 Å². The summed E-state index contributed by atoms with van der Waals surface area (Å²) in [4.78, 5) is 31.9. The van der Waals surface area contributed by atoms with Gasteiger partial charge in [-0.25, -0.2) is 0 Å². The molecule has 2 aromatic carbocycles. The number of alkyl halides is 1. The number of fused-ring (bicyclic) bond motifs is 1. The molecule has 0 N–H and O–H groups in total. The molecule has 0 spiro atoms. The van der Waals surface area contributed by atoms with Gasteiger partial charge in [0.05, 0.1) is 22.5 Å². The third-order valence-corrected chi connectivity index (χ3v) is 5.08. The highest BCUT2D eigenvalue weighted by molar-refractivity contribution is 6.37. The van der Waals surface area contributed by atoms with Gasteiger partial charge in [0.1, 0.15) is 5.75 Å². The molecule has 10 heteroatoms. The molecule has 1 aliphatic rings. The Morgan fingerprint density at radius 3 is 2.62 bits per heavy atom. The smallest absolute Gasteiger partial charge is 0.397 e. The number of rotatable bonds is 6. The first-order valence-corrected chi connectivity index (χ1v) is 8.73. The lowest BCUT2D eigenvalue weighted by Crippen LogP contribution is -2.51. The summed E-state index contributed by atoms with van der Waals surface area (Å²) in [6.45, 7) is 3.64. The Labute approximate surface area is 169 Å². The number of nitrogens with zero attached hydrogens (tertiary/aromatic N) is 2. The molecule has 0 aromatic heterocycles. The maximum atomic E-state index is 13.0. The molecule has 0 unspecified atom stereocenters. The third-order valence-electron chi connectivity index (χ3n) is 4.58. The van der Waals surface area contributed by atoms with Gasteiger partial charge in [0.2, 0.25) is 6.10 Å².